The van der Waals surface area contributed by atoms with Gasteiger partial charge in [0.05, 0.1) is 7.11 Å². The van der Waals surface area contributed by atoms with Crippen LogP contribution in [0.1, 0.15) is 43.6 Å². The fourth-order valence-corrected chi connectivity index (χ4v) is 3.91. The lowest BCUT2D eigenvalue weighted by Gasteiger charge is -2.20. The number of amides is 1. The second-order valence-corrected chi connectivity index (χ2v) is 8.08. The lowest BCUT2D eigenvalue weighted by molar-refractivity contribution is -0.117. The highest BCUT2D eigenvalue weighted by molar-refractivity contribution is 5.95. The number of benzene rings is 2. The van der Waals surface area contributed by atoms with Gasteiger partial charge in [0, 0.05) is 31.3 Å². The van der Waals surface area contributed by atoms with Crippen molar-refractivity contribution in [3.63, 3.8) is 0 Å². The van der Waals surface area contributed by atoms with E-state index in [0.717, 1.165) is 49.8 Å². The summed E-state index contributed by atoms with van der Waals surface area (Å²) in [6.45, 7) is 2.65. The van der Waals surface area contributed by atoms with Gasteiger partial charge >= 0.3 is 0 Å². The molecule has 3 fully saturated rings. The molecule has 2 heterocycles. The number of ether oxygens (including phenoxy) is 2. The zero-order chi connectivity index (χ0) is 20.9. The zero-order valence-corrected chi connectivity index (χ0v) is 17.5. The van der Waals surface area contributed by atoms with Gasteiger partial charge in [0.1, 0.15) is 11.9 Å². The Morgan fingerprint density at radius 3 is 2.47 bits per heavy atom. The summed E-state index contributed by atoms with van der Waals surface area (Å²) in [5, 5.41) is 12.2. The number of carbonyl (C=O) groups is 1. The first kappa shape index (κ1) is 20.5. The molecular formula is C24H30N2O4. The van der Waals surface area contributed by atoms with Gasteiger partial charge in [-0.25, -0.2) is 0 Å². The van der Waals surface area contributed by atoms with Crippen molar-refractivity contribution in [3.8, 4) is 17.2 Å². The van der Waals surface area contributed by atoms with Gasteiger partial charge in [-0.05, 0) is 68.0 Å². The smallest absolute Gasteiger partial charge is 0.227 e. The van der Waals surface area contributed by atoms with Crippen LogP contribution < -0.4 is 19.7 Å². The van der Waals surface area contributed by atoms with Gasteiger partial charge in [-0.1, -0.05) is 12.1 Å². The third kappa shape index (κ3) is 5.05. The summed E-state index contributed by atoms with van der Waals surface area (Å²) in [6, 6.07) is 13.3. The van der Waals surface area contributed by atoms with Gasteiger partial charge in [0.15, 0.2) is 11.5 Å². The molecule has 1 saturated carbocycles. The van der Waals surface area contributed by atoms with Gasteiger partial charge < -0.3 is 24.8 Å². The number of rotatable bonds is 5. The standard InChI is InChI=1S/C15H20N2O3.C9H10O/c1-19-14-9-11(17-8-2-3-15(17)18)4-5-13(14)20-12-6-7-16-10-12;10-9-5-3-8(4-6-9)7-1-2-7/h4-5,9,12,16H,2-3,6-8,10H2,1H3;3-7,10H,1-2H2/t12-;/m1./s1. The molecule has 1 aliphatic carbocycles. The second kappa shape index (κ2) is 9.39. The minimum Gasteiger partial charge on any atom is -0.508 e. The first-order chi connectivity index (χ1) is 14.6. The number of hydrogen-bond donors (Lipinski definition) is 2. The maximum atomic E-state index is 11.8. The van der Waals surface area contributed by atoms with E-state index < -0.39 is 0 Å². The van der Waals surface area contributed by atoms with Gasteiger partial charge in [0.25, 0.3) is 0 Å². The fraction of sp³-hybridized carbons (Fsp3) is 0.458. The van der Waals surface area contributed by atoms with Crippen molar-refractivity contribution in [2.75, 3.05) is 31.6 Å². The Morgan fingerprint density at radius 2 is 1.87 bits per heavy atom. The molecule has 1 atom stereocenters. The van der Waals surface area contributed by atoms with Crippen molar-refractivity contribution in [2.24, 2.45) is 0 Å². The van der Waals surface area contributed by atoms with Gasteiger partial charge in [-0.3, -0.25) is 4.79 Å². The Morgan fingerprint density at radius 1 is 1.07 bits per heavy atom. The Labute approximate surface area is 177 Å². The van der Waals surface area contributed by atoms with E-state index >= 15 is 0 Å². The average Bonchev–Trinajstić information content (AvgIpc) is 3.32. The quantitative estimate of drug-likeness (QED) is 0.784. The number of methoxy groups -OCH3 is 1. The van der Waals surface area contributed by atoms with Gasteiger partial charge in [0.2, 0.25) is 5.91 Å². The van der Waals surface area contributed by atoms with Crippen LogP contribution in [0, 0.1) is 0 Å². The molecule has 0 spiro atoms. The molecule has 3 aliphatic rings. The molecule has 0 unspecified atom stereocenters. The number of aromatic hydroxyl groups is 1. The Hall–Kier alpha value is -2.73. The number of phenols is 1. The third-order valence-electron chi connectivity index (χ3n) is 5.78. The topological polar surface area (TPSA) is 71.0 Å². The molecule has 6 nitrogen and oxygen atoms in total. The predicted molar refractivity (Wildman–Crippen MR) is 117 cm³/mol. The summed E-state index contributed by atoms with van der Waals surface area (Å²) in [4.78, 5) is 13.6. The largest absolute Gasteiger partial charge is 0.508 e. The van der Waals surface area contributed by atoms with Crippen LogP contribution in [0.5, 0.6) is 17.2 Å². The van der Waals surface area contributed by atoms with Crippen LogP contribution in [0.2, 0.25) is 0 Å². The highest BCUT2D eigenvalue weighted by Gasteiger charge is 2.24. The third-order valence-corrected chi connectivity index (χ3v) is 5.78. The lowest BCUT2D eigenvalue weighted by Crippen LogP contribution is -2.24. The number of anilines is 1. The molecule has 2 saturated heterocycles. The van der Waals surface area contributed by atoms with Crippen LogP contribution in [0.3, 0.4) is 0 Å². The summed E-state index contributed by atoms with van der Waals surface area (Å²) in [5.41, 5.74) is 2.26. The van der Waals surface area contributed by atoms with Crippen molar-refractivity contribution in [3.05, 3.63) is 48.0 Å². The highest BCUT2D eigenvalue weighted by Crippen LogP contribution is 2.40. The van der Waals surface area contributed by atoms with E-state index in [0.29, 0.717) is 17.9 Å². The molecular weight excluding hydrogens is 380 g/mol. The Bertz CT molecular complexity index is 858. The van der Waals surface area contributed by atoms with Crippen LogP contribution >= 0.6 is 0 Å². The van der Waals surface area contributed by atoms with E-state index in [9.17, 15) is 4.79 Å². The summed E-state index contributed by atoms with van der Waals surface area (Å²) >= 11 is 0. The molecule has 2 aromatic rings. The monoisotopic (exact) mass is 410 g/mol. The molecule has 30 heavy (non-hydrogen) atoms. The lowest BCUT2D eigenvalue weighted by atomic mass is 10.1. The van der Waals surface area contributed by atoms with Crippen molar-refractivity contribution >= 4 is 11.6 Å². The molecule has 160 valence electrons. The summed E-state index contributed by atoms with van der Waals surface area (Å²) in [6.07, 6.45) is 5.41. The highest BCUT2D eigenvalue weighted by atomic mass is 16.5. The van der Waals surface area contributed by atoms with E-state index in [1.807, 2.05) is 35.2 Å². The SMILES string of the molecule is COc1cc(N2CCCC2=O)ccc1O[C@@H]1CCNC1.Oc1ccc(C2CC2)cc1. The van der Waals surface area contributed by atoms with Crippen molar-refractivity contribution < 1.29 is 19.4 Å². The van der Waals surface area contributed by atoms with Crippen molar-refractivity contribution in [1.82, 2.24) is 5.32 Å². The number of carbonyl (C=O) groups excluding carboxylic acids is 1. The number of nitrogens with one attached hydrogen (secondary N) is 1. The van der Waals surface area contributed by atoms with Crippen LogP contribution in [-0.4, -0.2) is 43.9 Å². The molecule has 2 N–H and O–H groups in total. The number of hydrogen-bond acceptors (Lipinski definition) is 5. The maximum absolute atomic E-state index is 11.8. The molecule has 0 radical (unpaired) electrons. The van der Waals surface area contributed by atoms with E-state index in [1.165, 1.54) is 18.4 Å². The van der Waals surface area contributed by atoms with Crippen LogP contribution in [0.25, 0.3) is 0 Å². The minimum absolute atomic E-state index is 0.181. The zero-order valence-electron chi connectivity index (χ0n) is 17.5. The Kier molecular flexibility index (Phi) is 6.43. The van der Waals surface area contributed by atoms with Crippen molar-refractivity contribution in [2.45, 2.75) is 44.1 Å². The summed E-state index contributed by atoms with van der Waals surface area (Å²) in [5.74, 6) is 2.77. The molecule has 0 bridgehead atoms. The van der Waals surface area contributed by atoms with Crippen molar-refractivity contribution in [1.29, 1.82) is 0 Å². The van der Waals surface area contributed by atoms with Gasteiger partial charge in [-0.2, -0.15) is 0 Å². The molecule has 1 amide bonds. The predicted octanol–water partition coefficient (Wildman–Crippen LogP) is 3.83. The first-order valence-electron chi connectivity index (χ1n) is 10.8. The fourth-order valence-electron chi connectivity index (χ4n) is 3.91. The Balaban J connectivity index is 0.000000181. The van der Waals surface area contributed by atoms with E-state index in [4.69, 9.17) is 14.6 Å². The number of phenolic OH excluding ortho intramolecular Hbond substituents is 1. The van der Waals surface area contributed by atoms with Crippen LogP contribution in [-0.2, 0) is 4.79 Å². The van der Waals surface area contributed by atoms with Crippen LogP contribution in [0.4, 0.5) is 5.69 Å². The van der Waals surface area contributed by atoms with E-state index in [1.54, 1.807) is 19.2 Å². The molecule has 2 aromatic carbocycles. The minimum atomic E-state index is 0.181. The van der Waals surface area contributed by atoms with E-state index in [2.05, 4.69) is 5.32 Å². The molecule has 6 heteroatoms. The number of nitrogens with zero attached hydrogens (tertiary/aromatic N) is 1. The summed E-state index contributed by atoms with van der Waals surface area (Å²) in [7, 11) is 1.63. The molecule has 5 rings (SSSR count). The van der Waals surface area contributed by atoms with Gasteiger partial charge in [-0.15, -0.1) is 0 Å². The molecule has 0 aromatic heterocycles. The summed E-state index contributed by atoms with van der Waals surface area (Å²) < 4.78 is 11.4. The normalized spacial score (nSPS) is 20.6. The van der Waals surface area contributed by atoms with Crippen LogP contribution in [0.15, 0.2) is 42.5 Å². The maximum Gasteiger partial charge on any atom is 0.227 e. The molecule has 2 aliphatic heterocycles. The average molecular weight is 411 g/mol. The van der Waals surface area contributed by atoms with E-state index in [-0.39, 0.29) is 12.0 Å². The second-order valence-electron chi connectivity index (χ2n) is 8.08. The first-order valence-corrected chi connectivity index (χ1v) is 10.8.